The molecule has 2 rings (SSSR count). The smallest absolute Gasteiger partial charge is 0.435 e. The standard InChI is InChI=1S/C12H14F3N5O2/c1-19-7-8(11(18-19)22-2)10(21)16-4-6-20-5-3-9(17-20)12(13,14)15/h3,5,7H,4,6H2,1-2H3,(H,16,21). The Hall–Kier alpha value is -2.52. The Morgan fingerprint density at radius 3 is 2.73 bits per heavy atom. The molecule has 0 aliphatic rings. The molecule has 0 saturated carbocycles. The first-order valence-corrected chi connectivity index (χ1v) is 6.27. The van der Waals surface area contributed by atoms with Gasteiger partial charge in [-0.15, -0.1) is 5.10 Å². The van der Waals surface area contributed by atoms with Crippen LogP contribution in [0.1, 0.15) is 16.1 Å². The number of aryl methyl sites for hydroxylation is 1. The fourth-order valence-corrected chi connectivity index (χ4v) is 1.79. The van der Waals surface area contributed by atoms with E-state index in [9.17, 15) is 18.0 Å². The van der Waals surface area contributed by atoms with Gasteiger partial charge < -0.3 is 10.1 Å². The molecule has 0 bridgehead atoms. The number of hydrogen-bond acceptors (Lipinski definition) is 4. The van der Waals surface area contributed by atoms with E-state index in [1.54, 1.807) is 7.05 Å². The molecular weight excluding hydrogens is 303 g/mol. The summed E-state index contributed by atoms with van der Waals surface area (Å²) < 4.78 is 44.7. The van der Waals surface area contributed by atoms with Gasteiger partial charge in [0.15, 0.2) is 5.69 Å². The normalized spacial score (nSPS) is 11.5. The lowest BCUT2D eigenvalue weighted by molar-refractivity contribution is -0.141. The molecular formula is C12H14F3N5O2. The molecule has 0 atom stereocenters. The molecule has 0 aromatic carbocycles. The Morgan fingerprint density at radius 1 is 1.41 bits per heavy atom. The third-order valence-electron chi connectivity index (χ3n) is 2.79. The van der Waals surface area contributed by atoms with Crippen molar-refractivity contribution in [1.82, 2.24) is 24.9 Å². The molecule has 0 unspecified atom stereocenters. The minimum absolute atomic E-state index is 0.115. The fourth-order valence-electron chi connectivity index (χ4n) is 1.79. The number of carbonyl (C=O) groups is 1. The highest BCUT2D eigenvalue weighted by Gasteiger charge is 2.33. The van der Waals surface area contributed by atoms with E-state index in [1.807, 2.05) is 0 Å². The van der Waals surface area contributed by atoms with Crippen molar-refractivity contribution in [1.29, 1.82) is 0 Å². The Kier molecular flexibility index (Phi) is 4.38. The minimum atomic E-state index is -4.47. The van der Waals surface area contributed by atoms with Gasteiger partial charge in [0.1, 0.15) is 5.56 Å². The van der Waals surface area contributed by atoms with E-state index in [0.29, 0.717) is 0 Å². The topological polar surface area (TPSA) is 74.0 Å². The van der Waals surface area contributed by atoms with Crippen LogP contribution in [0.4, 0.5) is 13.2 Å². The predicted molar refractivity (Wildman–Crippen MR) is 69.3 cm³/mol. The first-order chi connectivity index (χ1) is 10.3. The predicted octanol–water partition coefficient (Wildman–Crippen LogP) is 1.07. The van der Waals surface area contributed by atoms with Gasteiger partial charge >= 0.3 is 6.18 Å². The van der Waals surface area contributed by atoms with E-state index in [0.717, 1.165) is 10.7 Å². The summed E-state index contributed by atoms with van der Waals surface area (Å²) >= 11 is 0. The highest BCUT2D eigenvalue weighted by molar-refractivity contribution is 5.96. The number of methoxy groups -OCH3 is 1. The number of ether oxygens (including phenoxy) is 1. The monoisotopic (exact) mass is 317 g/mol. The average molecular weight is 317 g/mol. The first-order valence-electron chi connectivity index (χ1n) is 6.27. The Morgan fingerprint density at radius 2 is 2.14 bits per heavy atom. The summed E-state index contributed by atoms with van der Waals surface area (Å²) in [6, 6.07) is 0.881. The van der Waals surface area contributed by atoms with Crippen LogP contribution in [-0.2, 0) is 19.8 Å². The minimum Gasteiger partial charge on any atom is -0.479 e. The van der Waals surface area contributed by atoms with Crippen molar-refractivity contribution in [2.24, 2.45) is 7.05 Å². The Bertz CT molecular complexity index is 662. The number of aromatic nitrogens is 4. The molecule has 0 spiro atoms. The van der Waals surface area contributed by atoms with Crippen LogP contribution in [0, 0.1) is 0 Å². The van der Waals surface area contributed by atoms with Gasteiger partial charge in [-0.05, 0) is 6.07 Å². The molecule has 120 valence electrons. The second-order valence-electron chi connectivity index (χ2n) is 4.44. The molecule has 0 aliphatic carbocycles. The summed E-state index contributed by atoms with van der Waals surface area (Å²) in [7, 11) is 3.03. The molecule has 0 aliphatic heterocycles. The summed E-state index contributed by atoms with van der Waals surface area (Å²) in [6.07, 6.45) is -1.78. The lowest BCUT2D eigenvalue weighted by Gasteiger charge is -2.05. The molecule has 2 aromatic rings. The molecule has 1 N–H and O–H groups in total. The van der Waals surface area contributed by atoms with Gasteiger partial charge in [0.2, 0.25) is 5.88 Å². The van der Waals surface area contributed by atoms with Crippen LogP contribution in [-0.4, -0.2) is 39.1 Å². The van der Waals surface area contributed by atoms with Gasteiger partial charge in [0.05, 0.1) is 13.7 Å². The van der Waals surface area contributed by atoms with E-state index in [4.69, 9.17) is 4.74 Å². The van der Waals surface area contributed by atoms with Gasteiger partial charge in [0.25, 0.3) is 5.91 Å². The van der Waals surface area contributed by atoms with Crippen LogP contribution in [0.2, 0.25) is 0 Å². The third kappa shape index (κ3) is 3.57. The zero-order valence-corrected chi connectivity index (χ0v) is 11.9. The molecule has 7 nitrogen and oxygen atoms in total. The maximum absolute atomic E-state index is 12.4. The highest BCUT2D eigenvalue weighted by atomic mass is 19.4. The molecule has 0 saturated heterocycles. The molecule has 10 heteroatoms. The van der Waals surface area contributed by atoms with E-state index in [2.05, 4.69) is 15.5 Å². The van der Waals surface area contributed by atoms with E-state index in [1.165, 1.54) is 24.2 Å². The van der Waals surface area contributed by atoms with Crippen molar-refractivity contribution in [3.63, 3.8) is 0 Å². The van der Waals surface area contributed by atoms with E-state index >= 15 is 0 Å². The molecule has 0 radical (unpaired) electrons. The number of nitrogens with one attached hydrogen (secondary N) is 1. The van der Waals surface area contributed by atoms with Crippen LogP contribution in [0.15, 0.2) is 18.5 Å². The molecule has 2 heterocycles. The number of rotatable bonds is 5. The highest BCUT2D eigenvalue weighted by Crippen LogP contribution is 2.27. The number of amides is 1. The van der Waals surface area contributed by atoms with Crippen LogP contribution in [0.3, 0.4) is 0 Å². The Balaban J connectivity index is 1.91. The van der Waals surface area contributed by atoms with Crippen molar-refractivity contribution in [3.05, 3.63) is 29.7 Å². The van der Waals surface area contributed by atoms with Gasteiger partial charge in [-0.3, -0.25) is 14.2 Å². The third-order valence-corrected chi connectivity index (χ3v) is 2.79. The van der Waals surface area contributed by atoms with Crippen molar-refractivity contribution in [2.75, 3.05) is 13.7 Å². The van der Waals surface area contributed by atoms with Gasteiger partial charge in [-0.2, -0.15) is 18.3 Å². The van der Waals surface area contributed by atoms with Gasteiger partial charge in [-0.25, -0.2) is 0 Å². The van der Waals surface area contributed by atoms with Crippen molar-refractivity contribution >= 4 is 5.91 Å². The number of carbonyl (C=O) groups excluding carboxylic acids is 1. The van der Waals surface area contributed by atoms with Gasteiger partial charge in [0, 0.05) is 26.0 Å². The zero-order valence-electron chi connectivity index (χ0n) is 11.9. The number of alkyl halides is 3. The number of hydrogen-bond donors (Lipinski definition) is 1. The Labute approximate surface area is 123 Å². The maximum Gasteiger partial charge on any atom is 0.435 e. The molecule has 1 amide bonds. The van der Waals surface area contributed by atoms with Crippen LogP contribution in [0.5, 0.6) is 5.88 Å². The summed E-state index contributed by atoms with van der Waals surface area (Å²) in [5.74, 6) is -0.244. The van der Waals surface area contributed by atoms with Gasteiger partial charge in [-0.1, -0.05) is 0 Å². The van der Waals surface area contributed by atoms with Crippen molar-refractivity contribution in [2.45, 2.75) is 12.7 Å². The van der Waals surface area contributed by atoms with Crippen LogP contribution in [0.25, 0.3) is 0 Å². The SMILES string of the molecule is COc1nn(C)cc1C(=O)NCCn1ccc(C(F)(F)F)n1. The quantitative estimate of drug-likeness (QED) is 0.895. The molecule has 22 heavy (non-hydrogen) atoms. The summed E-state index contributed by atoms with van der Waals surface area (Å²) in [5.41, 5.74) is -0.714. The fraction of sp³-hybridized carbons (Fsp3) is 0.417. The van der Waals surface area contributed by atoms with Crippen molar-refractivity contribution in [3.8, 4) is 5.88 Å². The number of nitrogens with zero attached hydrogens (tertiary/aromatic N) is 4. The summed E-state index contributed by atoms with van der Waals surface area (Å²) in [6.45, 7) is 0.236. The van der Waals surface area contributed by atoms with E-state index in [-0.39, 0.29) is 24.5 Å². The maximum atomic E-state index is 12.4. The lowest BCUT2D eigenvalue weighted by atomic mass is 10.3. The summed E-state index contributed by atoms with van der Waals surface area (Å²) in [5, 5.41) is 9.90. The lowest BCUT2D eigenvalue weighted by Crippen LogP contribution is -2.27. The van der Waals surface area contributed by atoms with Crippen LogP contribution < -0.4 is 10.1 Å². The molecule has 0 fully saturated rings. The number of halogens is 3. The second-order valence-corrected chi connectivity index (χ2v) is 4.44. The van der Waals surface area contributed by atoms with E-state index < -0.39 is 17.8 Å². The first kappa shape index (κ1) is 15.9. The molecule has 2 aromatic heterocycles. The van der Waals surface area contributed by atoms with Crippen molar-refractivity contribution < 1.29 is 22.7 Å². The largest absolute Gasteiger partial charge is 0.479 e. The summed E-state index contributed by atoms with van der Waals surface area (Å²) in [4.78, 5) is 11.9. The average Bonchev–Trinajstić information content (AvgIpc) is 3.04. The zero-order chi connectivity index (χ0) is 16.3. The second kappa shape index (κ2) is 6.08. The van der Waals surface area contributed by atoms with Crippen LogP contribution >= 0.6 is 0 Å².